The lowest BCUT2D eigenvalue weighted by atomic mass is 10.2. The molecule has 0 spiro atoms. The van der Waals surface area contributed by atoms with Crippen LogP contribution in [0.25, 0.3) is 0 Å². The van der Waals surface area contributed by atoms with Crippen LogP contribution in [0.5, 0.6) is 0 Å². The molecule has 0 aromatic heterocycles. The van der Waals surface area contributed by atoms with Crippen LogP contribution in [-0.4, -0.2) is 23.7 Å². The van der Waals surface area contributed by atoms with Gasteiger partial charge in [-0.1, -0.05) is 53.7 Å². The lowest BCUT2D eigenvalue weighted by Crippen LogP contribution is -2.35. The van der Waals surface area contributed by atoms with Crippen LogP contribution in [0, 0.1) is 0 Å². The van der Waals surface area contributed by atoms with Gasteiger partial charge < -0.3 is 10.1 Å². The fourth-order valence-electron chi connectivity index (χ4n) is 2.08. The van der Waals surface area contributed by atoms with Crippen LogP contribution in [0.4, 0.5) is 8.78 Å². The Kier molecular flexibility index (Phi) is 7.41. The van der Waals surface area contributed by atoms with E-state index in [2.05, 4.69) is 5.32 Å². The maximum atomic E-state index is 12.6. The van der Waals surface area contributed by atoms with Crippen molar-refractivity contribution < 1.29 is 23.1 Å². The SMILES string of the molecule is C[C@@H](OC(=O)c1ccccc1SC(F)F)C(=O)NCc1ccccc1Cl. The highest BCUT2D eigenvalue weighted by molar-refractivity contribution is 7.99. The standard InChI is InChI=1S/C18H16ClF2NO3S/c1-11(16(23)22-10-12-6-2-4-8-14(12)19)25-17(24)13-7-3-5-9-15(13)26-18(20)21/h2-9,11,18H,10H2,1H3,(H,22,23)/t11-/m1/s1. The van der Waals surface area contributed by atoms with Crippen LogP contribution in [0.15, 0.2) is 53.4 Å². The van der Waals surface area contributed by atoms with Crippen LogP contribution in [0.3, 0.4) is 0 Å². The molecule has 0 aliphatic heterocycles. The fraction of sp³-hybridized carbons (Fsp3) is 0.222. The summed E-state index contributed by atoms with van der Waals surface area (Å²) in [5.41, 5.74) is 0.711. The summed E-state index contributed by atoms with van der Waals surface area (Å²) >= 11 is 6.26. The number of halogens is 3. The number of rotatable bonds is 7. The van der Waals surface area contributed by atoms with Crippen molar-refractivity contribution in [2.75, 3.05) is 0 Å². The Bertz CT molecular complexity index is 789. The van der Waals surface area contributed by atoms with Gasteiger partial charge in [-0.2, -0.15) is 8.78 Å². The molecule has 0 saturated carbocycles. The van der Waals surface area contributed by atoms with Crippen LogP contribution >= 0.6 is 23.4 Å². The summed E-state index contributed by atoms with van der Waals surface area (Å²) in [7, 11) is 0. The number of carbonyl (C=O) groups is 2. The summed E-state index contributed by atoms with van der Waals surface area (Å²) in [6.07, 6.45) is -1.09. The first kappa shape index (κ1) is 20.2. The molecule has 0 unspecified atom stereocenters. The van der Waals surface area contributed by atoms with E-state index < -0.39 is 23.7 Å². The van der Waals surface area contributed by atoms with E-state index >= 15 is 0 Å². The molecular formula is C18H16ClF2NO3S. The van der Waals surface area contributed by atoms with E-state index in [0.717, 1.165) is 5.56 Å². The second-order valence-corrected chi connectivity index (χ2v) is 6.67. The van der Waals surface area contributed by atoms with E-state index in [0.29, 0.717) is 5.02 Å². The number of thioether (sulfide) groups is 1. The Morgan fingerprint density at radius 2 is 1.81 bits per heavy atom. The zero-order valence-corrected chi connectivity index (χ0v) is 15.3. The van der Waals surface area contributed by atoms with E-state index in [9.17, 15) is 18.4 Å². The summed E-state index contributed by atoms with van der Waals surface area (Å²) in [4.78, 5) is 24.4. The summed E-state index contributed by atoms with van der Waals surface area (Å²) in [5.74, 6) is -4.02. The van der Waals surface area contributed by atoms with E-state index in [1.54, 1.807) is 30.3 Å². The van der Waals surface area contributed by atoms with Crippen molar-refractivity contribution in [3.63, 3.8) is 0 Å². The second-order valence-electron chi connectivity index (χ2n) is 5.23. The van der Waals surface area contributed by atoms with Gasteiger partial charge in [-0.3, -0.25) is 4.79 Å². The number of ether oxygens (including phenoxy) is 1. The first-order chi connectivity index (χ1) is 12.4. The Balaban J connectivity index is 1.96. The Morgan fingerprint density at radius 1 is 1.15 bits per heavy atom. The van der Waals surface area contributed by atoms with Gasteiger partial charge in [0.25, 0.3) is 11.7 Å². The molecule has 0 saturated heterocycles. The molecule has 138 valence electrons. The maximum absolute atomic E-state index is 12.6. The van der Waals surface area contributed by atoms with Crippen LogP contribution < -0.4 is 5.32 Å². The lowest BCUT2D eigenvalue weighted by Gasteiger charge is -2.15. The van der Waals surface area contributed by atoms with Gasteiger partial charge in [-0.15, -0.1) is 0 Å². The number of nitrogens with one attached hydrogen (secondary N) is 1. The minimum Gasteiger partial charge on any atom is -0.449 e. The summed E-state index contributed by atoms with van der Waals surface area (Å²) in [6, 6.07) is 12.9. The molecule has 2 aromatic carbocycles. The van der Waals surface area contributed by atoms with Crippen molar-refractivity contribution >= 4 is 35.2 Å². The third kappa shape index (κ3) is 5.71. The van der Waals surface area contributed by atoms with Gasteiger partial charge >= 0.3 is 5.97 Å². The molecule has 8 heteroatoms. The fourth-order valence-corrected chi connectivity index (χ4v) is 2.91. The molecule has 0 radical (unpaired) electrons. The number of hydrogen-bond acceptors (Lipinski definition) is 4. The zero-order valence-electron chi connectivity index (χ0n) is 13.7. The number of esters is 1. The Hall–Kier alpha value is -2.12. The molecule has 0 fully saturated rings. The highest BCUT2D eigenvalue weighted by Gasteiger charge is 2.22. The number of carbonyl (C=O) groups excluding carboxylic acids is 2. The minimum atomic E-state index is -2.67. The summed E-state index contributed by atoms with van der Waals surface area (Å²) in [5, 5.41) is 3.13. The molecule has 0 bridgehead atoms. The molecule has 0 heterocycles. The van der Waals surface area contributed by atoms with Crippen molar-refractivity contribution in [3.8, 4) is 0 Å². The predicted octanol–water partition coefficient (Wildman–Crippen LogP) is 4.52. The van der Waals surface area contributed by atoms with Crippen molar-refractivity contribution in [1.82, 2.24) is 5.32 Å². The molecule has 2 rings (SSSR count). The molecule has 26 heavy (non-hydrogen) atoms. The van der Waals surface area contributed by atoms with Crippen LogP contribution in [0.2, 0.25) is 5.02 Å². The zero-order chi connectivity index (χ0) is 19.1. The molecule has 2 aromatic rings. The van der Waals surface area contributed by atoms with Crippen molar-refractivity contribution in [2.24, 2.45) is 0 Å². The molecule has 1 N–H and O–H groups in total. The molecule has 4 nitrogen and oxygen atoms in total. The summed E-state index contributed by atoms with van der Waals surface area (Å²) < 4.78 is 30.3. The van der Waals surface area contributed by atoms with E-state index in [1.165, 1.54) is 25.1 Å². The number of alkyl halides is 2. The minimum absolute atomic E-state index is 0.0106. The largest absolute Gasteiger partial charge is 0.449 e. The monoisotopic (exact) mass is 399 g/mol. The highest BCUT2D eigenvalue weighted by Crippen LogP contribution is 2.29. The van der Waals surface area contributed by atoms with Gasteiger partial charge in [0.1, 0.15) is 0 Å². The van der Waals surface area contributed by atoms with Crippen molar-refractivity contribution in [3.05, 3.63) is 64.7 Å². The van der Waals surface area contributed by atoms with Crippen LogP contribution in [-0.2, 0) is 16.1 Å². The average molecular weight is 400 g/mol. The van der Waals surface area contributed by atoms with E-state index in [4.69, 9.17) is 16.3 Å². The number of benzene rings is 2. The van der Waals surface area contributed by atoms with Gasteiger partial charge in [0.15, 0.2) is 6.10 Å². The Labute approximate surface area is 158 Å². The van der Waals surface area contributed by atoms with Gasteiger partial charge in [0.05, 0.1) is 5.56 Å². The van der Waals surface area contributed by atoms with Crippen LogP contribution in [0.1, 0.15) is 22.8 Å². The molecule has 0 aliphatic carbocycles. The number of amides is 1. The molecular weight excluding hydrogens is 384 g/mol. The lowest BCUT2D eigenvalue weighted by molar-refractivity contribution is -0.129. The topological polar surface area (TPSA) is 55.4 Å². The number of hydrogen-bond donors (Lipinski definition) is 1. The maximum Gasteiger partial charge on any atom is 0.340 e. The Morgan fingerprint density at radius 3 is 2.50 bits per heavy atom. The third-order valence-corrected chi connectivity index (χ3v) is 4.54. The molecule has 1 amide bonds. The molecule has 0 aliphatic rings. The van der Waals surface area contributed by atoms with Gasteiger partial charge in [0.2, 0.25) is 0 Å². The van der Waals surface area contributed by atoms with E-state index in [1.807, 2.05) is 0 Å². The molecule has 1 atom stereocenters. The van der Waals surface area contributed by atoms with Gasteiger partial charge in [-0.25, -0.2) is 4.79 Å². The second kappa shape index (κ2) is 9.54. The first-order valence-corrected chi connectivity index (χ1v) is 8.90. The highest BCUT2D eigenvalue weighted by atomic mass is 35.5. The van der Waals surface area contributed by atoms with Gasteiger partial charge in [-0.05, 0) is 30.7 Å². The van der Waals surface area contributed by atoms with Gasteiger partial charge in [0, 0.05) is 16.5 Å². The normalized spacial score (nSPS) is 11.9. The quantitative estimate of drug-likeness (QED) is 0.549. The average Bonchev–Trinajstić information content (AvgIpc) is 2.60. The smallest absolute Gasteiger partial charge is 0.340 e. The van der Waals surface area contributed by atoms with Crippen molar-refractivity contribution in [2.45, 2.75) is 30.2 Å². The van der Waals surface area contributed by atoms with E-state index in [-0.39, 0.29) is 28.8 Å². The summed E-state index contributed by atoms with van der Waals surface area (Å²) in [6.45, 7) is 1.58. The predicted molar refractivity (Wildman–Crippen MR) is 96.5 cm³/mol. The van der Waals surface area contributed by atoms with Crippen molar-refractivity contribution in [1.29, 1.82) is 0 Å². The first-order valence-electron chi connectivity index (χ1n) is 7.64. The third-order valence-electron chi connectivity index (χ3n) is 3.39.